The van der Waals surface area contributed by atoms with E-state index in [9.17, 15) is 22.8 Å². The van der Waals surface area contributed by atoms with E-state index in [1.165, 1.54) is 34.3 Å². The summed E-state index contributed by atoms with van der Waals surface area (Å²) in [6.07, 6.45) is 1.58. The van der Waals surface area contributed by atoms with Gasteiger partial charge in [0.25, 0.3) is 5.91 Å². The predicted octanol–water partition coefficient (Wildman–Crippen LogP) is 5.98. The molecule has 3 aromatic rings. The van der Waals surface area contributed by atoms with Crippen LogP contribution in [-0.4, -0.2) is 37.5 Å². The third-order valence-corrected chi connectivity index (χ3v) is 8.72. The molecule has 0 saturated heterocycles. The number of aliphatic imine (C=N–C) groups is 1. The number of fused-ring (bicyclic) bond motifs is 1. The van der Waals surface area contributed by atoms with E-state index in [0.717, 1.165) is 24.5 Å². The summed E-state index contributed by atoms with van der Waals surface area (Å²) in [5, 5.41) is 0. The van der Waals surface area contributed by atoms with E-state index in [0.29, 0.717) is 35.7 Å². The number of nitrogens with two attached hydrogens (primary N) is 1. The highest BCUT2D eigenvalue weighted by atomic mass is 19.4. The van der Waals surface area contributed by atoms with E-state index in [4.69, 9.17) is 10.7 Å². The molecule has 2 aromatic carbocycles. The molecule has 2 N–H and O–H groups in total. The number of halogens is 3. The van der Waals surface area contributed by atoms with E-state index >= 15 is 0 Å². The van der Waals surface area contributed by atoms with Crippen molar-refractivity contribution in [2.24, 2.45) is 22.6 Å². The molecule has 1 aliphatic carbocycles. The molecule has 2 aliphatic heterocycles. The molecule has 3 heterocycles. The van der Waals surface area contributed by atoms with Crippen molar-refractivity contribution in [3.05, 3.63) is 94.6 Å². The van der Waals surface area contributed by atoms with E-state index in [2.05, 4.69) is 9.97 Å². The second kappa shape index (κ2) is 11.3. The van der Waals surface area contributed by atoms with Crippen LogP contribution in [0.2, 0.25) is 0 Å². The first-order valence-corrected chi connectivity index (χ1v) is 15.0. The van der Waals surface area contributed by atoms with Gasteiger partial charge in [-0.05, 0) is 47.9 Å². The van der Waals surface area contributed by atoms with E-state index in [-0.39, 0.29) is 37.3 Å². The number of alkyl halides is 3. The molecule has 1 fully saturated rings. The van der Waals surface area contributed by atoms with Gasteiger partial charge >= 0.3 is 6.18 Å². The maximum atomic E-state index is 14.2. The van der Waals surface area contributed by atoms with Crippen LogP contribution < -0.4 is 5.73 Å². The first-order valence-electron chi connectivity index (χ1n) is 15.0. The lowest BCUT2D eigenvalue weighted by Crippen LogP contribution is -2.52. The van der Waals surface area contributed by atoms with Crippen LogP contribution in [-0.2, 0) is 29.6 Å². The van der Waals surface area contributed by atoms with Gasteiger partial charge in [0.1, 0.15) is 0 Å². The number of carbonyl (C=O) groups is 2. The minimum absolute atomic E-state index is 0.0383. The van der Waals surface area contributed by atoms with Gasteiger partial charge in [0.2, 0.25) is 5.91 Å². The number of benzene rings is 2. The molecule has 0 unspecified atom stereocenters. The van der Waals surface area contributed by atoms with Crippen molar-refractivity contribution in [3.8, 4) is 0 Å². The van der Waals surface area contributed by atoms with Gasteiger partial charge in [-0.3, -0.25) is 24.5 Å². The van der Waals surface area contributed by atoms with Gasteiger partial charge in [-0.1, -0.05) is 63.1 Å². The van der Waals surface area contributed by atoms with Crippen molar-refractivity contribution in [2.45, 2.75) is 76.8 Å². The van der Waals surface area contributed by atoms with Crippen LogP contribution in [0.25, 0.3) is 0 Å². The SMILES string of the molecule is CC(C)C[C@H](c1ccc(C(F)(F)F)c(C(=O)N2Cc3nccnc3C2)c1)N1C(=O)C[C@@](CC2CC2)(c2ccccc2)N=C1N. The summed E-state index contributed by atoms with van der Waals surface area (Å²) >= 11 is 0. The number of guanidine groups is 1. The molecular formula is C33H35F3N6O2. The maximum absolute atomic E-state index is 14.2. The summed E-state index contributed by atoms with van der Waals surface area (Å²) in [6, 6.07) is 12.5. The Bertz CT molecular complexity index is 1580. The lowest BCUT2D eigenvalue weighted by Gasteiger charge is -2.42. The Balaban J connectivity index is 1.39. The number of nitrogens with zero attached hydrogens (tertiary/aromatic N) is 5. The number of hydrogen-bond acceptors (Lipinski definition) is 6. The second-order valence-electron chi connectivity index (χ2n) is 12.5. The fourth-order valence-electron chi connectivity index (χ4n) is 6.48. The molecule has 6 rings (SSSR count). The van der Waals surface area contributed by atoms with Gasteiger partial charge < -0.3 is 10.6 Å². The fraction of sp³-hybridized carbons (Fsp3) is 0.424. The van der Waals surface area contributed by atoms with Crippen molar-refractivity contribution in [3.63, 3.8) is 0 Å². The first-order chi connectivity index (χ1) is 20.9. The number of amides is 2. The van der Waals surface area contributed by atoms with Gasteiger partial charge in [0, 0.05) is 12.4 Å². The Kier molecular flexibility index (Phi) is 7.67. The summed E-state index contributed by atoms with van der Waals surface area (Å²) < 4.78 is 42.7. The summed E-state index contributed by atoms with van der Waals surface area (Å²) in [4.78, 5) is 43.9. The van der Waals surface area contributed by atoms with E-state index in [1.54, 1.807) is 0 Å². The third-order valence-electron chi connectivity index (χ3n) is 8.72. The molecular weight excluding hydrogens is 569 g/mol. The first kappa shape index (κ1) is 29.8. The number of aromatic nitrogens is 2. The van der Waals surface area contributed by atoms with Crippen LogP contribution >= 0.6 is 0 Å². The molecule has 1 aromatic heterocycles. The van der Waals surface area contributed by atoms with Crippen molar-refractivity contribution >= 4 is 17.8 Å². The van der Waals surface area contributed by atoms with Crippen LogP contribution in [0.15, 0.2) is 65.9 Å². The van der Waals surface area contributed by atoms with Gasteiger partial charge in [0.15, 0.2) is 5.96 Å². The summed E-state index contributed by atoms with van der Waals surface area (Å²) in [6.45, 7) is 4.05. The normalized spacial score (nSPS) is 21.0. The zero-order chi connectivity index (χ0) is 31.2. The molecule has 2 atom stereocenters. The standard InChI is InChI=1S/C33H35F3N6O2/c1-20(2)14-28(42-29(43)17-32(40-31(42)37,16-21-8-9-21)23-6-4-3-5-7-23)22-10-11-25(33(34,35)36)24(15-22)30(44)41-18-26-27(19-41)39-13-12-38-26/h3-7,10-13,15,20-21,28H,8-9,14,16-19H2,1-2H3,(H2,37,40)/t28-,32+/m1/s1. The number of carbonyl (C=O) groups excluding carboxylic acids is 2. The van der Waals surface area contributed by atoms with Crippen LogP contribution in [0.5, 0.6) is 0 Å². The monoisotopic (exact) mass is 604 g/mol. The summed E-state index contributed by atoms with van der Waals surface area (Å²) in [5.41, 5.74) is 6.73. The van der Waals surface area contributed by atoms with Gasteiger partial charge in [-0.25, -0.2) is 4.99 Å². The number of rotatable bonds is 8. The molecule has 230 valence electrons. The van der Waals surface area contributed by atoms with Crippen molar-refractivity contribution in [1.29, 1.82) is 0 Å². The van der Waals surface area contributed by atoms with E-state index in [1.807, 2.05) is 44.2 Å². The highest BCUT2D eigenvalue weighted by Crippen LogP contribution is 2.47. The molecule has 2 amide bonds. The minimum Gasteiger partial charge on any atom is -0.369 e. The number of hydrogen-bond donors (Lipinski definition) is 1. The van der Waals surface area contributed by atoms with Crippen LogP contribution in [0.3, 0.4) is 0 Å². The zero-order valence-corrected chi connectivity index (χ0v) is 24.7. The van der Waals surface area contributed by atoms with Crippen molar-refractivity contribution in [1.82, 2.24) is 19.8 Å². The van der Waals surface area contributed by atoms with Crippen LogP contribution in [0.1, 0.15) is 90.4 Å². The largest absolute Gasteiger partial charge is 0.417 e. The molecule has 0 radical (unpaired) electrons. The summed E-state index contributed by atoms with van der Waals surface area (Å²) in [5.74, 6) is -0.465. The lowest BCUT2D eigenvalue weighted by molar-refractivity contribution is -0.138. The average Bonchev–Trinajstić information content (AvgIpc) is 3.68. The quantitative estimate of drug-likeness (QED) is 0.341. The van der Waals surface area contributed by atoms with Crippen molar-refractivity contribution < 1.29 is 22.8 Å². The fourth-order valence-corrected chi connectivity index (χ4v) is 6.48. The lowest BCUT2D eigenvalue weighted by atomic mass is 9.80. The zero-order valence-electron chi connectivity index (χ0n) is 24.7. The van der Waals surface area contributed by atoms with Gasteiger partial charge in [-0.2, -0.15) is 13.2 Å². The molecule has 1 saturated carbocycles. The Morgan fingerprint density at radius 1 is 1.05 bits per heavy atom. The third kappa shape index (κ3) is 5.79. The average molecular weight is 605 g/mol. The minimum atomic E-state index is -4.76. The highest BCUT2D eigenvalue weighted by Gasteiger charge is 2.47. The Labute approximate surface area is 254 Å². The Morgan fingerprint density at radius 2 is 1.70 bits per heavy atom. The van der Waals surface area contributed by atoms with Gasteiger partial charge in [-0.15, -0.1) is 0 Å². The van der Waals surface area contributed by atoms with Crippen LogP contribution in [0.4, 0.5) is 13.2 Å². The van der Waals surface area contributed by atoms with Crippen LogP contribution in [0, 0.1) is 11.8 Å². The molecule has 0 bridgehead atoms. The topological polar surface area (TPSA) is 105 Å². The molecule has 8 nitrogen and oxygen atoms in total. The molecule has 0 spiro atoms. The second-order valence-corrected chi connectivity index (χ2v) is 12.5. The van der Waals surface area contributed by atoms with E-state index < -0.39 is 34.8 Å². The molecule has 11 heteroatoms. The van der Waals surface area contributed by atoms with Crippen molar-refractivity contribution in [2.75, 3.05) is 0 Å². The highest BCUT2D eigenvalue weighted by molar-refractivity contribution is 6.00. The molecule has 44 heavy (non-hydrogen) atoms. The maximum Gasteiger partial charge on any atom is 0.417 e. The van der Waals surface area contributed by atoms with Gasteiger partial charge in [0.05, 0.1) is 53.6 Å². The Hall–Kier alpha value is -4.28. The molecule has 3 aliphatic rings. The predicted molar refractivity (Wildman–Crippen MR) is 158 cm³/mol. The summed E-state index contributed by atoms with van der Waals surface area (Å²) in [7, 11) is 0. The smallest absolute Gasteiger partial charge is 0.369 e. The Morgan fingerprint density at radius 3 is 2.27 bits per heavy atom.